The first-order valence-corrected chi connectivity index (χ1v) is 4.30. The fraction of sp³-hybridized carbons (Fsp3) is 0.125. The average Bonchev–Trinajstić information content (AvgIpc) is 2.66. The smallest absolute Gasteiger partial charge is 0.182 e. The van der Waals surface area contributed by atoms with Crippen LogP contribution in [0.5, 0.6) is 0 Å². The normalized spacial score (nSPS) is 15.2. The van der Waals surface area contributed by atoms with Crippen molar-refractivity contribution in [1.29, 1.82) is 0 Å². The zero-order chi connectivity index (χ0) is 10.5. The Bertz CT molecular complexity index is 420. The van der Waals surface area contributed by atoms with Gasteiger partial charge in [0, 0.05) is 6.20 Å². The molecule has 0 fully saturated rings. The van der Waals surface area contributed by atoms with Gasteiger partial charge in [0.1, 0.15) is 5.84 Å². The first-order valence-electron chi connectivity index (χ1n) is 4.30. The van der Waals surface area contributed by atoms with E-state index in [4.69, 9.17) is 5.73 Å². The minimum absolute atomic E-state index is 0.443. The molecule has 0 saturated carbocycles. The van der Waals surface area contributed by atoms with E-state index in [9.17, 15) is 0 Å². The Kier molecular flexibility index (Phi) is 2.63. The van der Waals surface area contributed by atoms with Gasteiger partial charge in [-0.2, -0.15) is 0 Å². The summed E-state index contributed by atoms with van der Waals surface area (Å²) in [4.78, 5) is 3.91. The molecule has 0 bridgehead atoms. The Morgan fingerprint density at radius 3 is 3.00 bits per heavy atom. The molecule has 2 rings (SSSR count). The quantitative estimate of drug-likeness (QED) is 0.552. The van der Waals surface area contributed by atoms with E-state index in [1.165, 1.54) is 0 Å². The molecule has 7 nitrogen and oxygen atoms in total. The molecular formula is C8H9N7. The fourth-order valence-corrected chi connectivity index (χ4v) is 0.979. The summed E-state index contributed by atoms with van der Waals surface area (Å²) in [6, 6.07) is 3.62. The van der Waals surface area contributed by atoms with Crippen LogP contribution >= 0.6 is 0 Å². The van der Waals surface area contributed by atoms with Crippen molar-refractivity contribution in [2.45, 2.75) is 6.42 Å². The van der Waals surface area contributed by atoms with Gasteiger partial charge in [0.15, 0.2) is 5.84 Å². The van der Waals surface area contributed by atoms with Gasteiger partial charge < -0.3 is 5.73 Å². The van der Waals surface area contributed by atoms with E-state index in [-0.39, 0.29) is 0 Å². The zero-order valence-corrected chi connectivity index (χ0v) is 7.83. The Morgan fingerprint density at radius 1 is 1.40 bits per heavy atom. The highest BCUT2D eigenvalue weighted by atomic mass is 15.4. The van der Waals surface area contributed by atoms with E-state index in [0.29, 0.717) is 18.1 Å². The maximum Gasteiger partial charge on any atom is 0.182 e. The largest absolute Gasteiger partial charge is 0.385 e. The van der Waals surface area contributed by atoms with E-state index in [1.807, 2.05) is 6.07 Å². The zero-order valence-electron chi connectivity index (χ0n) is 7.83. The molecule has 0 atom stereocenters. The van der Waals surface area contributed by atoms with Crippen LogP contribution in [0.15, 0.2) is 45.1 Å². The van der Waals surface area contributed by atoms with Gasteiger partial charge >= 0.3 is 0 Å². The number of nitrogens with zero attached hydrogens (tertiary/aromatic N) is 5. The second-order valence-corrected chi connectivity index (χ2v) is 2.84. The minimum Gasteiger partial charge on any atom is -0.385 e. The standard InChI is InChI=1S/C8H9N7/c9-7-4-8(13-12-7)14-15-11-6-2-1-3-10-5-6/h1-3,5H,4H2,(H2,9,12)(H,11,13,14). The lowest BCUT2D eigenvalue weighted by Gasteiger charge is -1.95. The van der Waals surface area contributed by atoms with Crippen molar-refractivity contribution in [2.24, 2.45) is 26.3 Å². The Hall–Kier alpha value is -2.31. The van der Waals surface area contributed by atoms with Crippen molar-refractivity contribution in [3.05, 3.63) is 24.5 Å². The SMILES string of the molecule is NC1=NN=C(N=NNc2cccnc2)C1. The molecule has 3 N–H and O–H groups in total. The van der Waals surface area contributed by atoms with Crippen molar-refractivity contribution in [3.63, 3.8) is 0 Å². The Labute approximate surface area is 85.8 Å². The molecule has 0 unspecified atom stereocenters. The molecule has 2 heterocycles. The maximum absolute atomic E-state index is 5.41. The maximum atomic E-state index is 5.41. The van der Waals surface area contributed by atoms with Crippen molar-refractivity contribution in [3.8, 4) is 0 Å². The molecule has 7 heteroatoms. The second kappa shape index (κ2) is 4.27. The summed E-state index contributed by atoms with van der Waals surface area (Å²) in [6.45, 7) is 0. The molecule has 0 radical (unpaired) electrons. The minimum atomic E-state index is 0.443. The molecule has 1 aromatic heterocycles. The number of pyridine rings is 1. The van der Waals surface area contributed by atoms with Gasteiger partial charge in [0.05, 0.1) is 18.3 Å². The van der Waals surface area contributed by atoms with Crippen LogP contribution in [-0.2, 0) is 0 Å². The second-order valence-electron chi connectivity index (χ2n) is 2.84. The highest BCUT2D eigenvalue weighted by Gasteiger charge is 2.07. The molecule has 0 aromatic carbocycles. The summed E-state index contributed by atoms with van der Waals surface area (Å²) < 4.78 is 0. The first kappa shape index (κ1) is 9.25. The topological polar surface area (TPSA) is 100 Å². The molecular weight excluding hydrogens is 194 g/mol. The van der Waals surface area contributed by atoms with Crippen LogP contribution in [0.25, 0.3) is 0 Å². The highest BCUT2D eigenvalue weighted by Crippen LogP contribution is 2.04. The Balaban J connectivity index is 1.87. The first-order chi connectivity index (χ1) is 7.34. The van der Waals surface area contributed by atoms with E-state index >= 15 is 0 Å². The van der Waals surface area contributed by atoms with Crippen LogP contribution < -0.4 is 11.2 Å². The number of hydrogen-bond donors (Lipinski definition) is 2. The van der Waals surface area contributed by atoms with Crippen LogP contribution in [0.4, 0.5) is 5.69 Å². The molecule has 76 valence electrons. The number of anilines is 1. The van der Waals surface area contributed by atoms with E-state index in [1.54, 1.807) is 18.5 Å². The summed E-state index contributed by atoms with van der Waals surface area (Å²) in [6.07, 6.45) is 3.76. The number of nitrogens with one attached hydrogen (secondary N) is 1. The Morgan fingerprint density at radius 2 is 2.33 bits per heavy atom. The third kappa shape index (κ3) is 2.56. The third-order valence-corrected chi connectivity index (χ3v) is 1.64. The molecule has 1 aliphatic rings. The van der Waals surface area contributed by atoms with Gasteiger partial charge in [0.25, 0.3) is 0 Å². The van der Waals surface area contributed by atoms with Crippen LogP contribution in [0, 0.1) is 0 Å². The van der Waals surface area contributed by atoms with Crippen LogP contribution in [-0.4, -0.2) is 16.7 Å². The number of amidine groups is 2. The predicted molar refractivity (Wildman–Crippen MR) is 56.4 cm³/mol. The predicted octanol–water partition coefficient (Wildman–Crippen LogP) is 0.935. The highest BCUT2D eigenvalue weighted by molar-refractivity contribution is 6.04. The van der Waals surface area contributed by atoms with Gasteiger partial charge in [-0.3, -0.25) is 10.4 Å². The van der Waals surface area contributed by atoms with Crippen LogP contribution in [0.1, 0.15) is 6.42 Å². The number of nitrogens with two attached hydrogens (primary N) is 1. The molecule has 1 aromatic rings. The summed E-state index contributed by atoms with van der Waals surface area (Å²) in [7, 11) is 0. The van der Waals surface area contributed by atoms with Crippen molar-refractivity contribution < 1.29 is 0 Å². The van der Waals surface area contributed by atoms with Gasteiger partial charge in [-0.15, -0.1) is 15.3 Å². The van der Waals surface area contributed by atoms with Crippen LogP contribution in [0.3, 0.4) is 0 Å². The van der Waals surface area contributed by atoms with E-state index in [2.05, 4.69) is 31.0 Å². The number of aromatic nitrogens is 1. The van der Waals surface area contributed by atoms with Crippen molar-refractivity contribution >= 4 is 17.4 Å². The number of hydrogen-bond acceptors (Lipinski definition) is 6. The molecule has 1 aliphatic heterocycles. The lowest BCUT2D eigenvalue weighted by Crippen LogP contribution is -2.10. The monoisotopic (exact) mass is 203 g/mol. The van der Waals surface area contributed by atoms with Gasteiger partial charge in [-0.05, 0) is 12.1 Å². The molecule has 0 spiro atoms. The summed E-state index contributed by atoms with van der Waals surface area (Å²) in [5.41, 5.74) is 8.88. The van der Waals surface area contributed by atoms with Crippen LogP contribution in [0.2, 0.25) is 0 Å². The van der Waals surface area contributed by atoms with Gasteiger partial charge in [-0.1, -0.05) is 5.22 Å². The molecule has 15 heavy (non-hydrogen) atoms. The van der Waals surface area contributed by atoms with Crippen molar-refractivity contribution in [1.82, 2.24) is 4.98 Å². The van der Waals surface area contributed by atoms with E-state index in [0.717, 1.165) is 5.69 Å². The molecule has 0 amide bonds. The van der Waals surface area contributed by atoms with Crippen molar-refractivity contribution in [2.75, 3.05) is 5.43 Å². The van der Waals surface area contributed by atoms with E-state index < -0.39 is 0 Å². The molecule has 0 aliphatic carbocycles. The average molecular weight is 203 g/mol. The van der Waals surface area contributed by atoms with Gasteiger partial charge in [-0.25, -0.2) is 0 Å². The summed E-state index contributed by atoms with van der Waals surface area (Å²) >= 11 is 0. The summed E-state index contributed by atoms with van der Waals surface area (Å²) in [5, 5.41) is 14.9. The lowest BCUT2D eigenvalue weighted by molar-refractivity contribution is 1.12. The third-order valence-electron chi connectivity index (χ3n) is 1.64. The van der Waals surface area contributed by atoms with Gasteiger partial charge in [0.2, 0.25) is 0 Å². The fourth-order valence-electron chi connectivity index (χ4n) is 0.979. The molecule has 0 saturated heterocycles. The number of rotatable bonds is 2. The lowest BCUT2D eigenvalue weighted by atomic mass is 10.4. The summed E-state index contributed by atoms with van der Waals surface area (Å²) in [5.74, 6) is 0.939.